The van der Waals surface area contributed by atoms with Gasteiger partial charge in [0.1, 0.15) is 5.60 Å². The van der Waals surface area contributed by atoms with Gasteiger partial charge in [0.2, 0.25) is 5.82 Å². The summed E-state index contributed by atoms with van der Waals surface area (Å²) in [5, 5.41) is 6.79. The molecule has 0 atom stereocenters. The Hall–Kier alpha value is -1.14. The number of nitrogens with one attached hydrogen (secondary N) is 1. The van der Waals surface area contributed by atoms with Gasteiger partial charge in [-0.15, -0.1) is 0 Å². The van der Waals surface area contributed by atoms with Crippen LogP contribution in [-0.4, -0.2) is 37.0 Å². The predicted molar refractivity (Wildman–Crippen MR) is 57.2 cm³/mol. The van der Waals surface area contributed by atoms with Crippen molar-refractivity contribution in [1.82, 2.24) is 10.1 Å². The lowest BCUT2D eigenvalue weighted by atomic mass is 9.93. The van der Waals surface area contributed by atoms with E-state index in [0.29, 0.717) is 31.7 Å². The van der Waals surface area contributed by atoms with Crippen molar-refractivity contribution < 1.29 is 14.0 Å². The van der Waals surface area contributed by atoms with E-state index in [1.807, 2.05) is 6.92 Å². The van der Waals surface area contributed by atoms with Crippen LogP contribution in [0.25, 0.3) is 0 Å². The molecule has 0 unspecified atom stereocenters. The number of ether oxygens (including phenoxy) is 2. The van der Waals surface area contributed by atoms with E-state index < -0.39 is 5.60 Å². The van der Waals surface area contributed by atoms with Gasteiger partial charge in [0.25, 0.3) is 0 Å². The third-order valence-electron chi connectivity index (χ3n) is 2.77. The molecule has 1 fully saturated rings. The first-order valence-electron chi connectivity index (χ1n) is 5.54. The van der Waals surface area contributed by atoms with Crippen molar-refractivity contribution in [2.75, 3.05) is 32.2 Å². The van der Waals surface area contributed by atoms with E-state index in [2.05, 4.69) is 15.5 Å². The SMILES string of the molecule is CCOC1(c2noc(NC)n2)CCOCC1. The molecule has 1 aromatic heterocycles. The van der Waals surface area contributed by atoms with Crippen LogP contribution in [-0.2, 0) is 15.1 Å². The summed E-state index contributed by atoms with van der Waals surface area (Å²) >= 11 is 0. The maximum Gasteiger partial charge on any atom is 0.321 e. The summed E-state index contributed by atoms with van der Waals surface area (Å²) in [6.45, 7) is 3.94. The molecule has 0 saturated carbocycles. The van der Waals surface area contributed by atoms with Crippen LogP contribution in [0.3, 0.4) is 0 Å². The van der Waals surface area contributed by atoms with E-state index in [1.165, 1.54) is 0 Å². The Labute approximate surface area is 94.3 Å². The molecule has 1 aromatic rings. The summed E-state index contributed by atoms with van der Waals surface area (Å²) < 4.78 is 16.2. The summed E-state index contributed by atoms with van der Waals surface area (Å²) in [6, 6.07) is 0.417. The fraction of sp³-hybridized carbons (Fsp3) is 0.800. The summed E-state index contributed by atoms with van der Waals surface area (Å²) in [4.78, 5) is 4.27. The Morgan fingerprint density at radius 3 is 2.75 bits per heavy atom. The number of rotatable bonds is 4. The zero-order valence-corrected chi connectivity index (χ0v) is 9.65. The van der Waals surface area contributed by atoms with Crippen molar-refractivity contribution >= 4 is 6.01 Å². The highest BCUT2D eigenvalue weighted by molar-refractivity contribution is 5.18. The van der Waals surface area contributed by atoms with Gasteiger partial charge in [-0.05, 0) is 6.92 Å². The van der Waals surface area contributed by atoms with Gasteiger partial charge in [-0.25, -0.2) is 0 Å². The molecule has 2 heterocycles. The van der Waals surface area contributed by atoms with Crippen LogP contribution in [0, 0.1) is 0 Å². The summed E-state index contributed by atoms with van der Waals surface area (Å²) in [7, 11) is 1.74. The molecule has 6 heteroatoms. The maximum absolute atomic E-state index is 5.82. The third-order valence-corrected chi connectivity index (χ3v) is 2.77. The van der Waals surface area contributed by atoms with Gasteiger partial charge in [-0.1, -0.05) is 5.16 Å². The van der Waals surface area contributed by atoms with E-state index in [1.54, 1.807) is 7.05 Å². The van der Waals surface area contributed by atoms with Crippen LogP contribution >= 0.6 is 0 Å². The molecule has 1 aliphatic heterocycles. The molecule has 1 N–H and O–H groups in total. The smallest absolute Gasteiger partial charge is 0.321 e. The molecule has 1 saturated heterocycles. The number of nitrogens with zero attached hydrogens (tertiary/aromatic N) is 2. The lowest BCUT2D eigenvalue weighted by Gasteiger charge is -2.33. The van der Waals surface area contributed by atoms with Gasteiger partial charge in [0, 0.05) is 39.7 Å². The van der Waals surface area contributed by atoms with Crippen LogP contribution in [0.2, 0.25) is 0 Å². The first-order chi connectivity index (χ1) is 7.80. The highest BCUT2D eigenvalue weighted by Crippen LogP contribution is 2.34. The van der Waals surface area contributed by atoms with Gasteiger partial charge in [-0.2, -0.15) is 4.98 Å². The molecule has 0 amide bonds. The lowest BCUT2D eigenvalue weighted by molar-refractivity contribution is -0.118. The predicted octanol–water partition coefficient (Wildman–Crippen LogP) is 1.15. The molecule has 0 bridgehead atoms. The van der Waals surface area contributed by atoms with Crippen molar-refractivity contribution in [3.8, 4) is 0 Å². The Morgan fingerprint density at radius 2 is 2.19 bits per heavy atom. The molecule has 90 valence electrons. The van der Waals surface area contributed by atoms with E-state index >= 15 is 0 Å². The summed E-state index contributed by atoms with van der Waals surface area (Å²) in [5.74, 6) is 0.613. The van der Waals surface area contributed by atoms with Crippen LogP contribution in [0.15, 0.2) is 4.52 Å². The molecule has 2 rings (SSSR count). The fourth-order valence-corrected chi connectivity index (χ4v) is 1.92. The Morgan fingerprint density at radius 1 is 1.44 bits per heavy atom. The van der Waals surface area contributed by atoms with Crippen molar-refractivity contribution in [3.63, 3.8) is 0 Å². The van der Waals surface area contributed by atoms with E-state index in [9.17, 15) is 0 Å². The first-order valence-corrected chi connectivity index (χ1v) is 5.54. The highest BCUT2D eigenvalue weighted by atomic mass is 16.5. The molecular formula is C10H17N3O3. The van der Waals surface area contributed by atoms with Gasteiger partial charge in [0.05, 0.1) is 0 Å². The average molecular weight is 227 g/mol. The Kier molecular flexibility index (Phi) is 3.40. The monoisotopic (exact) mass is 227 g/mol. The van der Waals surface area contributed by atoms with Crippen LogP contribution in [0.4, 0.5) is 6.01 Å². The molecule has 0 aromatic carbocycles. The number of anilines is 1. The molecule has 0 radical (unpaired) electrons. The third kappa shape index (κ3) is 2.03. The van der Waals surface area contributed by atoms with Crippen LogP contribution < -0.4 is 5.32 Å². The van der Waals surface area contributed by atoms with Crippen molar-refractivity contribution in [2.24, 2.45) is 0 Å². The van der Waals surface area contributed by atoms with Gasteiger partial charge in [-0.3, -0.25) is 0 Å². The van der Waals surface area contributed by atoms with E-state index in [4.69, 9.17) is 14.0 Å². The second-order valence-corrected chi connectivity index (χ2v) is 3.71. The largest absolute Gasteiger partial charge is 0.381 e. The zero-order valence-electron chi connectivity index (χ0n) is 9.65. The molecule has 1 aliphatic rings. The molecular weight excluding hydrogens is 210 g/mol. The minimum Gasteiger partial charge on any atom is -0.381 e. The topological polar surface area (TPSA) is 69.4 Å². The first kappa shape index (κ1) is 11.3. The van der Waals surface area contributed by atoms with Gasteiger partial charge in [0.15, 0.2) is 0 Å². The molecule has 0 spiro atoms. The minimum absolute atomic E-state index is 0.417. The highest BCUT2D eigenvalue weighted by Gasteiger charge is 2.39. The number of hydrogen-bond donors (Lipinski definition) is 1. The lowest BCUT2D eigenvalue weighted by Crippen LogP contribution is -2.37. The van der Waals surface area contributed by atoms with Crippen LogP contribution in [0.5, 0.6) is 0 Å². The Bertz CT molecular complexity index is 328. The molecule has 6 nitrogen and oxygen atoms in total. The summed E-state index contributed by atoms with van der Waals surface area (Å²) in [6.07, 6.45) is 1.53. The maximum atomic E-state index is 5.82. The van der Waals surface area contributed by atoms with Gasteiger partial charge < -0.3 is 19.3 Å². The molecule has 0 aliphatic carbocycles. The van der Waals surface area contributed by atoms with E-state index in [0.717, 1.165) is 12.8 Å². The molecule has 16 heavy (non-hydrogen) atoms. The number of aromatic nitrogens is 2. The van der Waals surface area contributed by atoms with E-state index in [-0.39, 0.29) is 0 Å². The Balaban J connectivity index is 2.23. The quantitative estimate of drug-likeness (QED) is 0.832. The normalized spacial score (nSPS) is 19.6. The second-order valence-electron chi connectivity index (χ2n) is 3.71. The fourth-order valence-electron chi connectivity index (χ4n) is 1.92. The van der Waals surface area contributed by atoms with Crippen LogP contribution in [0.1, 0.15) is 25.6 Å². The number of hydrogen-bond acceptors (Lipinski definition) is 6. The second kappa shape index (κ2) is 4.80. The standard InChI is InChI=1S/C10H17N3O3/c1-3-15-10(4-6-14-7-5-10)8-12-9(11-2)16-13-8/h3-7H2,1-2H3,(H,11,12,13). The summed E-state index contributed by atoms with van der Waals surface area (Å²) in [5.41, 5.74) is -0.439. The van der Waals surface area contributed by atoms with Crippen molar-refractivity contribution in [2.45, 2.75) is 25.4 Å². The van der Waals surface area contributed by atoms with Crippen molar-refractivity contribution in [3.05, 3.63) is 5.82 Å². The minimum atomic E-state index is -0.439. The van der Waals surface area contributed by atoms with Gasteiger partial charge >= 0.3 is 6.01 Å². The van der Waals surface area contributed by atoms with Crippen molar-refractivity contribution in [1.29, 1.82) is 0 Å². The zero-order chi connectivity index (χ0) is 11.4. The average Bonchev–Trinajstić information content (AvgIpc) is 2.80.